The van der Waals surface area contributed by atoms with Crippen LogP contribution in [-0.2, 0) is 28.8 Å². The summed E-state index contributed by atoms with van der Waals surface area (Å²) >= 11 is 0. The van der Waals surface area contributed by atoms with Crippen LogP contribution in [0.1, 0.15) is 335 Å². The number of allylic oxidation sites excluding steroid dienone is 6. The molecule has 0 aliphatic heterocycles. The quantitative estimate of drug-likeness (QED) is 0.0576. The second-order valence-electron chi connectivity index (χ2n) is 35.5. The maximum atomic E-state index is 11.8. The molecule has 3 aliphatic rings. The molecule has 0 radical (unpaired) electrons. The first-order chi connectivity index (χ1) is 41.8. The van der Waals surface area contributed by atoms with Gasteiger partial charge in [0, 0.05) is 63.3 Å². The van der Waals surface area contributed by atoms with Crippen LogP contribution in [0.2, 0.25) is 0 Å². The van der Waals surface area contributed by atoms with Gasteiger partial charge in [-0.3, -0.25) is 28.8 Å². The minimum absolute atomic E-state index is 0.0637. The van der Waals surface area contributed by atoms with Gasteiger partial charge in [-0.25, -0.2) is 0 Å². The Morgan fingerprint density at radius 2 is 0.860 bits per heavy atom. The van der Waals surface area contributed by atoms with E-state index in [2.05, 4.69) is 169 Å². The van der Waals surface area contributed by atoms with Crippen molar-refractivity contribution in [2.24, 2.45) is 43.3 Å². The fraction of sp³-hybridized carbons (Fsp3) is 0.759. The zero-order chi connectivity index (χ0) is 74.3. The van der Waals surface area contributed by atoms with E-state index >= 15 is 0 Å². The van der Waals surface area contributed by atoms with Crippen LogP contribution in [0.5, 0.6) is 0 Å². The van der Waals surface area contributed by atoms with Gasteiger partial charge in [-0.1, -0.05) is 229 Å². The van der Waals surface area contributed by atoms with Crippen LogP contribution < -0.4 is 0 Å². The van der Waals surface area contributed by atoms with E-state index < -0.39 is 12.2 Å². The van der Waals surface area contributed by atoms with E-state index in [1.807, 2.05) is 74.3 Å². The van der Waals surface area contributed by atoms with Crippen molar-refractivity contribution < 1.29 is 44.1 Å². The molecule has 0 heterocycles. The van der Waals surface area contributed by atoms with E-state index in [4.69, 9.17) is 6.42 Å². The zero-order valence-electron chi connectivity index (χ0n) is 66.2. The summed E-state index contributed by atoms with van der Waals surface area (Å²) in [6, 6.07) is 0. The van der Waals surface area contributed by atoms with Gasteiger partial charge in [-0.05, 0) is 177 Å². The van der Waals surface area contributed by atoms with E-state index in [1.54, 1.807) is 0 Å². The summed E-state index contributed by atoms with van der Waals surface area (Å²) in [4.78, 5) is 69.4. The molecule has 0 aromatic heterocycles. The minimum atomic E-state index is -0.736. The number of terminal acetylenes is 1. The van der Waals surface area contributed by atoms with Gasteiger partial charge in [0.1, 0.15) is 5.78 Å². The second kappa shape index (κ2) is 46.8. The van der Waals surface area contributed by atoms with E-state index in [1.165, 1.54) is 26.2 Å². The standard InChI is InChI=1S/C13H22O.C12H20O.C11H18O.C10H21NO.C10H16O.C10H20O.C9H16O2.C8H16O/c1-13(2,3)10-9-12(14)11-7-5-4-6-8-11;1-12(2,3)9-8-11(13)10-6-4-5-7-10;1-11(2,3)8-7-10(12)9-5-4-6-9;1-6-9(12)11(5)8-7-10(2,3)4;1-6-8(2)9(11)7-10(3,4)5;1-5-9(11)7-6-8-10(2,3)4;1-6(7(2)10)8(11)9(3,4)5;1-6(2)7(9)8(3,4)5/h7H,4-6,8-10H2,1-3H3;6H,4-5,7-9H2,1-3H3;5H,4,6-8H2,1-3H3;6-8H2,1-5H3;1,9,11H,2,7H2,3-5H3;5-8H2,1-4H3;8,11H,1H2,2-5H3;7,9H,1H2,2-5H3. The number of carbonyl (C=O) groups excluding carboxylic acids is 6. The summed E-state index contributed by atoms with van der Waals surface area (Å²) < 4.78 is 0. The number of rotatable bonds is 21. The first-order valence-electron chi connectivity index (χ1n) is 35.2. The van der Waals surface area contributed by atoms with Gasteiger partial charge in [0.25, 0.3) is 0 Å². The molecule has 10 nitrogen and oxygen atoms in total. The lowest BCUT2D eigenvalue weighted by molar-refractivity contribution is -0.130. The molecule has 0 saturated carbocycles. The average Bonchev–Trinajstić information content (AvgIpc) is 2.08. The van der Waals surface area contributed by atoms with Gasteiger partial charge in [-0.15, -0.1) is 6.42 Å². The molecule has 0 spiro atoms. The monoisotopic (exact) mass is 1300 g/mol. The number of Topliss-reactive ketones (excluding diaryl/α,β-unsaturated/α-hetero) is 5. The SMILES string of the molecule is C#CC(=C)C(O)CC(C)(C)C.C=C(C(C)=O)C(O)C(C)(C)C.C=C(C)C(O)C(C)(C)C.CC(C)(C)CCC(=O)C1=CCC1.CC(C)(C)CCC(=O)C1=CCCC1.CC(C)(C)CCC(=O)C1=CCCCC1.CCC(=O)CCCC(C)(C)C.CCC(=O)N(C)CCC(C)(C)C. The lowest BCUT2D eigenvalue weighted by Gasteiger charge is -2.26. The Hall–Kier alpha value is -4.30. The molecule has 0 aromatic carbocycles. The van der Waals surface area contributed by atoms with Crippen molar-refractivity contribution in [2.45, 2.75) is 353 Å². The highest BCUT2D eigenvalue weighted by atomic mass is 16.3. The predicted octanol–water partition coefficient (Wildman–Crippen LogP) is 21.4. The predicted molar refractivity (Wildman–Crippen MR) is 401 cm³/mol. The van der Waals surface area contributed by atoms with Crippen LogP contribution in [0.4, 0.5) is 0 Å². The largest absolute Gasteiger partial charge is 0.388 e. The zero-order valence-corrected chi connectivity index (χ0v) is 66.2. The maximum absolute atomic E-state index is 11.8. The van der Waals surface area contributed by atoms with Gasteiger partial charge in [-0.2, -0.15) is 0 Å². The Morgan fingerprint density at radius 1 is 0.495 bits per heavy atom. The number of ketones is 5. The number of amides is 1. The third kappa shape index (κ3) is 61.1. The van der Waals surface area contributed by atoms with Crippen LogP contribution in [0.25, 0.3) is 0 Å². The lowest BCUT2D eigenvalue weighted by atomic mass is 9.84. The minimum Gasteiger partial charge on any atom is -0.388 e. The molecule has 540 valence electrons. The van der Waals surface area contributed by atoms with E-state index in [0.717, 1.165) is 132 Å². The summed E-state index contributed by atoms with van der Waals surface area (Å²) in [5.41, 5.74) is 6.15. The number of aliphatic hydroxyl groups is 3. The molecule has 3 N–H and O–H groups in total. The molecule has 0 fully saturated rings. The highest BCUT2D eigenvalue weighted by Gasteiger charge is 2.27. The smallest absolute Gasteiger partial charge is 0.222 e. The van der Waals surface area contributed by atoms with Crippen LogP contribution in [-0.4, -0.2) is 86.9 Å². The summed E-state index contributed by atoms with van der Waals surface area (Å²) in [6.07, 6.45) is 31.0. The molecule has 93 heavy (non-hydrogen) atoms. The molecule has 0 bridgehead atoms. The van der Waals surface area contributed by atoms with Crippen molar-refractivity contribution in [3.8, 4) is 12.3 Å². The Labute approximate surface area is 575 Å². The van der Waals surface area contributed by atoms with Gasteiger partial charge >= 0.3 is 0 Å². The number of carbonyl (C=O) groups is 6. The van der Waals surface area contributed by atoms with Gasteiger partial charge in [0.05, 0.1) is 18.3 Å². The summed E-state index contributed by atoms with van der Waals surface area (Å²) in [7, 11) is 1.87. The third-order valence-corrected chi connectivity index (χ3v) is 15.5. The van der Waals surface area contributed by atoms with Crippen LogP contribution in [0.3, 0.4) is 0 Å². The summed E-state index contributed by atoms with van der Waals surface area (Å²) in [5, 5.41) is 28.3. The van der Waals surface area contributed by atoms with E-state index in [-0.39, 0.29) is 50.4 Å². The highest BCUT2D eigenvalue weighted by Crippen LogP contribution is 2.30. The van der Waals surface area contributed by atoms with Crippen molar-refractivity contribution in [1.29, 1.82) is 0 Å². The second-order valence-corrected chi connectivity index (χ2v) is 35.5. The van der Waals surface area contributed by atoms with Crippen molar-refractivity contribution in [1.82, 2.24) is 4.90 Å². The van der Waals surface area contributed by atoms with Gasteiger partial charge in [0.2, 0.25) is 5.91 Å². The van der Waals surface area contributed by atoms with Crippen molar-refractivity contribution in [2.75, 3.05) is 13.6 Å². The molecule has 3 aliphatic carbocycles. The van der Waals surface area contributed by atoms with Gasteiger partial charge < -0.3 is 20.2 Å². The van der Waals surface area contributed by atoms with Crippen molar-refractivity contribution in [3.05, 3.63) is 71.4 Å². The average molecular weight is 1310 g/mol. The Bertz CT molecular complexity index is 2380. The molecular weight excluding hydrogens is 1150 g/mol. The molecule has 1 amide bonds. The fourth-order valence-corrected chi connectivity index (χ4v) is 8.65. The summed E-state index contributed by atoms with van der Waals surface area (Å²) in [6.45, 7) is 69.3. The molecule has 0 aromatic rings. The number of hydrogen-bond acceptors (Lipinski definition) is 9. The van der Waals surface area contributed by atoms with E-state index in [9.17, 15) is 44.1 Å². The molecular formula is C83H149NO9. The van der Waals surface area contributed by atoms with Gasteiger partial charge in [0.15, 0.2) is 23.1 Å². The topological polar surface area (TPSA) is 166 Å². The first kappa shape index (κ1) is 97.4. The number of nitrogens with zero attached hydrogens (tertiary/aromatic N) is 1. The Morgan fingerprint density at radius 3 is 1.10 bits per heavy atom. The molecule has 10 heteroatoms. The lowest BCUT2D eigenvalue weighted by Crippen LogP contribution is -2.30. The summed E-state index contributed by atoms with van der Waals surface area (Å²) in [5.74, 6) is 3.97. The molecule has 3 rings (SSSR count). The first-order valence-corrected chi connectivity index (χ1v) is 35.2. The fourth-order valence-electron chi connectivity index (χ4n) is 8.65. The number of aliphatic hydroxyl groups excluding tert-OH is 3. The van der Waals surface area contributed by atoms with Crippen molar-refractivity contribution >= 4 is 34.8 Å². The highest BCUT2D eigenvalue weighted by molar-refractivity contribution is 5.97. The Kier molecular flexibility index (Phi) is 49.0. The normalized spacial score (nSPS) is 14.9. The van der Waals surface area contributed by atoms with Crippen molar-refractivity contribution in [3.63, 3.8) is 0 Å². The van der Waals surface area contributed by atoms with Crippen LogP contribution in [0, 0.1) is 55.7 Å². The van der Waals surface area contributed by atoms with Crippen LogP contribution >= 0.6 is 0 Å². The van der Waals surface area contributed by atoms with Crippen LogP contribution in [0.15, 0.2) is 71.4 Å². The maximum Gasteiger partial charge on any atom is 0.222 e. The third-order valence-electron chi connectivity index (χ3n) is 15.5. The van der Waals surface area contributed by atoms with E-state index in [0.29, 0.717) is 64.2 Å². The Balaban J connectivity index is -0.000000318. The molecule has 3 atom stereocenters. The molecule has 3 unspecified atom stereocenters. The molecule has 0 saturated heterocycles. The number of hydrogen-bond donors (Lipinski definition) is 3.